The standard InChI is InChI=1S/C21H23N3O2/c1-3-4-10-24-15-8-9-17-19(12-15)26-21(23)18(13-22)20(17)14-6-5-7-16(11-14)25-2/h5-9,11-12,20,24H,3-4,10,23H2,1-2H3. The van der Waals surface area contributed by atoms with Crippen LogP contribution in [0.2, 0.25) is 0 Å². The highest BCUT2D eigenvalue weighted by molar-refractivity contribution is 5.61. The summed E-state index contributed by atoms with van der Waals surface area (Å²) < 4.78 is 11.1. The Kier molecular flexibility index (Phi) is 5.33. The molecule has 1 heterocycles. The van der Waals surface area contributed by atoms with Crippen molar-refractivity contribution in [3.05, 3.63) is 65.0 Å². The molecule has 3 N–H and O–H groups in total. The van der Waals surface area contributed by atoms with Crippen LogP contribution in [0.4, 0.5) is 5.69 Å². The second-order valence-electron chi connectivity index (χ2n) is 6.23. The summed E-state index contributed by atoms with van der Waals surface area (Å²) in [6.07, 6.45) is 2.23. The summed E-state index contributed by atoms with van der Waals surface area (Å²) in [6, 6.07) is 15.9. The van der Waals surface area contributed by atoms with Gasteiger partial charge in [0.15, 0.2) is 0 Å². The van der Waals surface area contributed by atoms with Gasteiger partial charge in [-0.2, -0.15) is 5.26 Å². The number of fused-ring (bicyclic) bond motifs is 1. The third-order valence-electron chi connectivity index (χ3n) is 4.51. The zero-order valence-electron chi connectivity index (χ0n) is 15.1. The van der Waals surface area contributed by atoms with Crippen LogP contribution in [0.3, 0.4) is 0 Å². The minimum Gasteiger partial charge on any atom is -0.497 e. The molecule has 5 nitrogen and oxygen atoms in total. The minimum atomic E-state index is -0.274. The van der Waals surface area contributed by atoms with Gasteiger partial charge in [-0.05, 0) is 30.2 Å². The SMILES string of the molecule is CCCCNc1ccc2c(c1)OC(N)=C(C#N)C2c1cccc(OC)c1. The van der Waals surface area contributed by atoms with E-state index < -0.39 is 0 Å². The maximum absolute atomic E-state index is 9.63. The first-order valence-electron chi connectivity index (χ1n) is 8.77. The van der Waals surface area contributed by atoms with Crippen molar-refractivity contribution in [2.45, 2.75) is 25.7 Å². The van der Waals surface area contributed by atoms with E-state index in [9.17, 15) is 5.26 Å². The average molecular weight is 349 g/mol. The van der Waals surface area contributed by atoms with Crippen LogP contribution in [0.1, 0.15) is 36.8 Å². The van der Waals surface area contributed by atoms with Crippen molar-refractivity contribution in [1.82, 2.24) is 0 Å². The number of nitrogens with one attached hydrogen (secondary N) is 1. The van der Waals surface area contributed by atoms with Crippen LogP contribution < -0.4 is 20.5 Å². The van der Waals surface area contributed by atoms with Gasteiger partial charge in [-0.3, -0.25) is 0 Å². The van der Waals surface area contributed by atoms with Crippen molar-refractivity contribution < 1.29 is 9.47 Å². The third-order valence-corrected chi connectivity index (χ3v) is 4.51. The number of hydrogen-bond acceptors (Lipinski definition) is 5. The highest BCUT2D eigenvalue weighted by atomic mass is 16.5. The first kappa shape index (κ1) is 17.7. The lowest BCUT2D eigenvalue weighted by Gasteiger charge is -2.27. The highest BCUT2D eigenvalue weighted by Crippen LogP contribution is 2.43. The van der Waals surface area contributed by atoms with Gasteiger partial charge < -0.3 is 20.5 Å². The number of nitriles is 1. The number of benzene rings is 2. The van der Waals surface area contributed by atoms with Gasteiger partial charge in [-0.25, -0.2) is 0 Å². The smallest absolute Gasteiger partial charge is 0.205 e. The Labute approximate surface area is 154 Å². The van der Waals surface area contributed by atoms with Crippen LogP contribution in [0.5, 0.6) is 11.5 Å². The molecule has 134 valence electrons. The van der Waals surface area contributed by atoms with Crippen molar-refractivity contribution in [3.8, 4) is 17.6 Å². The van der Waals surface area contributed by atoms with E-state index in [1.807, 2.05) is 42.5 Å². The molecule has 0 saturated heterocycles. The summed E-state index contributed by atoms with van der Waals surface area (Å²) in [7, 11) is 1.63. The fraction of sp³-hybridized carbons (Fsp3) is 0.286. The molecule has 0 spiro atoms. The molecule has 0 aliphatic carbocycles. The van der Waals surface area contributed by atoms with E-state index in [2.05, 4.69) is 18.3 Å². The Morgan fingerprint density at radius 1 is 1.27 bits per heavy atom. The fourth-order valence-electron chi connectivity index (χ4n) is 3.14. The number of nitrogens with two attached hydrogens (primary N) is 1. The van der Waals surface area contributed by atoms with Crippen molar-refractivity contribution >= 4 is 5.69 Å². The van der Waals surface area contributed by atoms with E-state index in [1.165, 1.54) is 0 Å². The number of methoxy groups -OCH3 is 1. The summed E-state index contributed by atoms with van der Waals surface area (Å²) in [5.74, 6) is 1.29. The molecular weight excluding hydrogens is 326 g/mol. The third kappa shape index (κ3) is 3.45. The lowest BCUT2D eigenvalue weighted by Crippen LogP contribution is -2.21. The maximum Gasteiger partial charge on any atom is 0.205 e. The molecule has 0 bridgehead atoms. The summed E-state index contributed by atoms with van der Waals surface area (Å²) in [5, 5.41) is 13.0. The molecule has 0 saturated carbocycles. The molecule has 5 heteroatoms. The zero-order chi connectivity index (χ0) is 18.5. The molecule has 0 amide bonds. The van der Waals surface area contributed by atoms with Crippen molar-refractivity contribution in [2.24, 2.45) is 5.73 Å². The summed E-state index contributed by atoms with van der Waals surface area (Å²) in [6.45, 7) is 3.06. The Bertz CT molecular complexity index is 868. The quantitative estimate of drug-likeness (QED) is 0.767. The number of allylic oxidation sites excluding steroid dienone is 1. The first-order chi connectivity index (χ1) is 12.7. The molecule has 2 aromatic rings. The van der Waals surface area contributed by atoms with E-state index in [0.717, 1.165) is 42.0 Å². The Morgan fingerprint density at radius 3 is 2.85 bits per heavy atom. The predicted octanol–water partition coefficient (Wildman–Crippen LogP) is 4.13. The molecule has 1 aliphatic heterocycles. The predicted molar refractivity (Wildman–Crippen MR) is 102 cm³/mol. The van der Waals surface area contributed by atoms with Crippen LogP contribution in [0, 0.1) is 11.3 Å². The topological polar surface area (TPSA) is 80.3 Å². The van der Waals surface area contributed by atoms with Gasteiger partial charge in [0.05, 0.1) is 13.0 Å². The fourth-order valence-corrected chi connectivity index (χ4v) is 3.14. The summed E-state index contributed by atoms with van der Waals surface area (Å²) in [4.78, 5) is 0. The minimum absolute atomic E-state index is 0.151. The number of rotatable bonds is 6. The number of hydrogen-bond donors (Lipinski definition) is 2. The highest BCUT2D eigenvalue weighted by Gasteiger charge is 2.30. The largest absolute Gasteiger partial charge is 0.497 e. The van der Waals surface area contributed by atoms with Gasteiger partial charge in [0.25, 0.3) is 0 Å². The molecule has 0 radical (unpaired) electrons. The van der Waals surface area contributed by atoms with Crippen LogP contribution in [0.15, 0.2) is 53.9 Å². The second kappa shape index (κ2) is 7.83. The van der Waals surface area contributed by atoms with Gasteiger partial charge in [0.1, 0.15) is 23.1 Å². The molecule has 1 unspecified atom stereocenters. The Balaban J connectivity index is 2.02. The van der Waals surface area contributed by atoms with Crippen LogP contribution in [-0.4, -0.2) is 13.7 Å². The molecule has 1 aliphatic rings. The summed E-state index contributed by atoms with van der Waals surface area (Å²) in [5.41, 5.74) is 9.32. The lowest BCUT2D eigenvalue weighted by molar-refractivity contribution is 0.393. The van der Waals surface area contributed by atoms with Crippen molar-refractivity contribution in [3.63, 3.8) is 0 Å². The van der Waals surface area contributed by atoms with Gasteiger partial charge in [0.2, 0.25) is 5.88 Å². The van der Waals surface area contributed by atoms with Crippen LogP contribution >= 0.6 is 0 Å². The first-order valence-corrected chi connectivity index (χ1v) is 8.77. The van der Waals surface area contributed by atoms with E-state index in [0.29, 0.717) is 11.3 Å². The van der Waals surface area contributed by atoms with E-state index in [1.54, 1.807) is 7.11 Å². The van der Waals surface area contributed by atoms with Crippen molar-refractivity contribution in [1.29, 1.82) is 5.26 Å². The Hall–Kier alpha value is -3.13. The van der Waals surface area contributed by atoms with E-state index >= 15 is 0 Å². The molecule has 2 aromatic carbocycles. The van der Waals surface area contributed by atoms with Gasteiger partial charge in [-0.15, -0.1) is 0 Å². The number of unbranched alkanes of at least 4 members (excludes halogenated alkanes) is 1. The number of anilines is 1. The van der Waals surface area contributed by atoms with Gasteiger partial charge in [0, 0.05) is 23.9 Å². The normalized spacial score (nSPS) is 15.7. The van der Waals surface area contributed by atoms with Gasteiger partial charge in [-0.1, -0.05) is 31.5 Å². The number of ether oxygens (including phenoxy) is 2. The van der Waals surface area contributed by atoms with Crippen LogP contribution in [-0.2, 0) is 0 Å². The molecule has 3 rings (SSSR count). The second-order valence-corrected chi connectivity index (χ2v) is 6.23. The molecule has 0 aromatic heterocycles. The zero-order valence-corrected chi connectivity index (χ0v) is 15.1. The monoisotopic (exact) mass is 349 g/mol. The molecule has 0 fully saturated rings. The van der Waals surface area contributed by atoms with Crippen LogP contribution in [0.25, 0.3) is 0 Å². The van der Waals surface area contributed by atoms with Gasteiger partial charge >= 0.3 is 0 Å². The van der Waals surface area contributed by atoms with E-state index in [4.69, 9.17) is 15.2 Å². The molecule has 1 atom stereocenters. The van der Waals surface area contributed by atoms with E-state index in [-0.39, 0.29) is 11.8 Å². The average Bonchev–Trinajstić information content (AvgIpc) is 2.67. The number of nitrogens with zero attached hydrogens (tertiary/aromatic N) is 1. The lowest BCUT2D eigenvalue weighted by atomic mass is 9.83. The molecular formula is C21H23N3O2. The molecule has 26 heavy (non-hydrogen) atoms. The maximum atomic E-state index is 9.63. The van der Waals surface area contributed by atoms with Crippen molar-refractivity contribution in [2.75, 3.05) is 19.0 Å². The summed E-state index contributed by atoms with van der Waals surface area (Å²) >= 11 is 0. The Morgan fingerprint density at radius 2 is 2.12 bits per heavy atom.